The summed E-state index contributed by atoms with van der Waals surface area (Å²) in [4.78, 5) is 30.2. The van der Waals surface area contributed by atoms with Crippen molar-refractivity contribution in [3.8, 4) is 11.5 Å². The van der Waals surface area contributed by atoms with Gasteiger partial charge in [0.15, 0.2) is 6.10 Å². The first-order valence-electron chi connectivity index (χ1n) is 9.96. The summed E-state index contributed by atoms with van der Waals surface area (Å²) >= 11 is 1.49. The van der Waals surface area contributed by atoms with Gasteiger partial charge in [0, 0.05) is 24.9 Å². The number of nitrogens with zero attached hydrogens (tertiary/aromatic N) is 2. The van der Waals surface area contributed by atoms with Crippen LogP contribution in [0.4, 0.5) is 5.69 Å². The normalized spacial score (nSPS) is 18.4. The second-order valence-electron chi connectivity index (χ2n) is 7.47. The van der Waals surface area contributed by atoms with Crippen LogP contribution in [0.3, 0.4) is 0 Å². The first-order chi connectivity index (χ1) is 14.8. The minimum absolute atomic E-state index is 0.241. The van der Waals surface area contributed by atoms with Gasteiger partial charge in [-0.3, -0.25) is 9.59 Å². The molecule has 0 saturated carbocycles. The highest BCUT2D eigenvalue weighted by atomic mass is 32.2. The summed E-state index contributed by atoms with van der Waals surface area (Å²) in [5, 5.41) is -0.419. The van der Waals surface area contributed by atoms with Crippen LogP contribution in [-0.4, -0.2) is 64.3 Å². The molecule has 166 valence electrons. The number of esters is 1. The summed E-state index contributed by atoms with van der Waals surface area (Å²) < 4.78 is 16.3. The zero-order chi connectivity index (χ0) is 22.5. The molecule has 3 rings (SSSR count). The number of carbonyl (C=O) groups excluding carboxylic acids is 2. The molecule has 2 aromatic carbocycles. The maximum atomic E-state index is 13.7. The molecule has 2 atom stereocenters. The molecule has 0 saturated heterocycles. The average Bonchev–Trinajstić information content (AvgIpc) is 2.86. The number of carbonyl (C=O) groups is 2. The van der Waals surface area contributed by atoms with E-state index in [0.717, 1.165) is 16.1 Å². The number of thioether (sulfide) groups is 1. The molecule has 7 nitrogen and oxygen atoms in total. The number of anilines is 1. The van der Waals surface area contributed by atoms with Crippen LogP contribution in [0.15, 0.2) is 47.4 Å². The minimum Gasteiger partial charge on any atom is -0.497 e. The smallest absolute Gasteiger partial charge is 0.303 e. The predicted molar refractivity (Wildman–Crippen MR) is 121 cm³/mol. The van der Waals surface area contributed by atoms with Crippen LogP contribution >= 0.6 is 11.8 Å². The molecule has 1 aliphatic rings. The second kappa shape index (κ2) is 10.1. The van der Waals surface area contributed by atoms with E-state index in [4.69, 9.17) is 14.2 Å². The highest BCUT2D eigenvalue weighted by Gasteiger charge is 2.41. The van der Waals surface area contributed by atoms with Crippen LogP contribution in [-0.2, 0) is 14.3 Å². The largest absolute Gasteiger partial charge is 0.497 e. The number of likely N-dealkylation sites (N-methyl/N-ethyl adjacent to an activating group) is 1. The number of rotatable bonds is 7. The Morgan fingerprint density at radius 3 is 2.29 bits per heavy atom. The van der Waals surface area contributed by atoms with E-state index in [1.54, 1.807) is 19.1 Å². The fourth-order valence-corrected chi connectivity index (χ4v) is 4.74. The number of benzene rings is 2. The minimum atomic E-state index is -0.962. The van der Waals surface area contributed by atoms with Gasteiger partial charge >= 0.3 is 5.97 Å². The van der Waals surface area contributed by atoms with Crippen molar-refractivity contribution in [2.24, 2.45) is 0 Å². The topological polar surface area (TPSA) is 68.3 Å². The highest BCUT2D eigenvalue weighted by molar-refractivity contribution is 7.99. The fraction of sp³-hybridized carbons (Fsp3) is 0.391. The van der Waals surface area contributed by atoms with E-state index in [1.165, 1.54) is 18.7 Å². The molecule has 0 bridgehead atoms. The number of methoxy groups -OCH3 is 2. The molecule has 1 amide bonds. The molecular formula is C23H28N2O5S. The molecule has 0 N–H and O–H groups in total. The summed E-state index contributed by atoms with van der Waals surface area (Å²) in [5.41, 5.74) is 1.65. The van der Waals surface area contributed by atoms with Crippen molar-refractivity contribution in [2.45, 2.75) is 23.2 Å². The summed E-state index contributed by atoms with van der Waals surface area (Å²) in [6.45, 7) is 2.47. The molecule has 1 heterocycles. The van der Waals surface area contributed by atoms with E-state index >= 15 is 0 Å². The van der Waals surface area contributed by atoms with Crippen molar-refractivity contribution in [3.63, 3.8) is 0 Å². The van der Waals surface area contributed by atoms with Gasteiger partial charge in [0.2, 0.25) is 0 Å². The lowest BCUT2D eigenvalue weighted by atomic mass is 10.1. The van der Waals surface area contributed by atoms with Crippen LogP contribution in [0.25, 0.3) is 0 Å². The van der Waals surface area contributed by atoms with Gasteiger partial charge < -0.3 is 24.0 Å². The van der Waals surface area contributed by atoms with Crippen LogP contribution in [0.5, 0.6) is 11.5 Å². The summed E-state index contributed by atoms with van der Waals surface area (Å²) in [6.07, 6.45) is -0.962. The predicted octanol–water partition coefficient (Wildman–Crippen LogP) is 3.38. The molecule has 0 aromatic heterocycles. The first-order valence-corrected chi connectivity index (χ1v) is 10.8. The van der Waals surface area contributed by atoms with Crippen molar-refractivity contribution in [1.29, 1.82) is 0 Å². The van der Waals surface area contributed by atoms with Gasteiger partial charge in [0.05, 0.1) is 25.2 Å². The zero-order valence-electron chi connectivity index (χ0n) is 18.5. The van der Waals surface area contributed by atoms with Crippen LogP contribution in [0.1, 0.15) is 17.7 Å². The van der Waals surface area contributed by atoms with Crippen LogP contribution < -0.4 is 14.4 Å². The lowest BCUT2D eigenvalue weighted by Gasteiger charge is -2.28. The Bertz CT molecular complexity index is 932. The molecule has 0 fully saturated rings. The second-order valence-corrected chi connectivity index (χ2v) is 8.65. The fourth-order valence-electron chi connectivity index (χ4n) is 3.40. The van der Waals surface area contributed by atoms with Gasteiger partial charge in [0.25, 0.3) is 5.91 Å². The molecule has 0 radical (unpaired) electrons. The van der Waals surface area contributed by atoms with Crippen molar-refractivity contribution in [3.05, 3.63) is 48.0 Å². The Hall–Kier alpha value is -2.71. The van der Waals surface area contributed by atoms with E-state index in [9.17, 15) is 9.59 Å². The maximum Gasteiger partial charge on any atom is 0.303 e. The van der Waals surface area contributed by atoms with Crippen LogP contribution in [0.2, 0.25) is 0 Å². The third kappa shape index (κ3) is 5.32. The number of hydrogen-bond donors (Lipinski definition) is 0. The number of fused-ring (bicyclic) bond motifs is 1. The van der Waals surface area contributed by atoms with Gasteiger partial charge in [-0.1, -0.05) is 12.1 Å². The summed E-state index contributed by atoms with van der Waals surface area (Å²) in [6, 6.07) is 13.1. The van der Waals surface area contributed by atoms with Gasteiger partial charge in [-0.15, -0.1) is 11.8 Å². The maximum absolute atomic E-state index is 13.7. The standard InChI is InChI=1S/C23H28N2O5S/c1-15(26)30-21-22(16-6-8-17(28-4)9-7-16)31-20-14-18(29-5)10-11-19(20)25(23(21)27)13-12-24(2)3/h6-11,14,21-22H,12-13H2,1-5H3/t21-,22+/m0/s1. The summed E-state index contributed by atoms with van der Waals surface area (Å²) in [7, 11) is 7.12. The Kier molecular flexibility index (Phi) is 7.46. The molecule has 1 aliphatic heterocycles. The Morgan fingerprint density at radius 1 is 1.06 bits per heavy atom. The van der Waals surface area contributed by atoms with E-state index in [1.807, 2.05) is 61.5 Å². The van der Waals surface area contributed by atoms with Gasteiger partial charge in [-0.2, -0.15) is 0 Å². The first kappa shape index (κ1) is 23.0. The molecule has 0 aliphatic carbocycles. The summed E-state index contributed by atoms with van der Waals surface area (Å²) in [5.74, 6) is 0.681. The average molecular weight is 445 g/mol. The van der Waals surface area contributed by atoms with E-state index < -0.39 is 17.3 Å². The van der Waals surface area contributed by atoms with Gasteiger partial charge in [-0.25, -0.2) is 0 Å². The lowest BCUT2D eigenvalue weighted by molar-refractivity contribution is -0.152. The molecule has 0 spiro atoms. The number of ether oxygens (including phenoxy) is 3. The number of hydrogen-bond acceptors (Lipinski definition) is 7. The van der Waals surface area contributed by atoms with Gasteiger partial charge in [0.1, 0.15) is 11.5 Å². The van der Waals surface area contributed by atoms with Crippen molar-refractivity contribution in [2.75, 3.05) is 46.3 Å². The SMILES string of the molecule is COc1ccc([C@H]2Sc3cc(OC)ccc3N(CCN(C)C)C(=O)[C@H]2OC(C)=O)cc1. The monoisotopic (exact) mass is 444 g/mol. The van der Waals surface area contributed by atoms with Crippen molar-refractivity contribution < 1.29 is 23.8 Å². The lowest BCUT2D eigenvalue weighted by Crippen LogP contribution is -2.45. The molecular weight excluding hydrogens is 416 g/mol. The zero-order valence-corrected chi connectivity index (χ0v) is 19.3. The quantitative estimate of drug-likeness (QED) is 0.607. The van der Waals surface area contributed by atoms with E-state index in [-0.39, 0.29) is 5.91 Å². The number of amides is 1. The Morgan fingerprint density at radius 2 is 1.71 bits per heavy atom. The van der Waals surface area contributed by atoms with Gasteiger partial charge in [-0.05, 0) is 50.0 Å². The Labute approximate surface area is 187 Å². The third-order valence-electron chi connectivity index (χ3n) is 5.00. The van der Waals surface area contributed by atoms with Crippen molar-refractivity contribution in [1.82, 2.24) is 4.90 Å². The molecule has 8 heteroatoms. The van der Waals surface area contributed by atoms with Crippen molar-refractivity contribution >= 4 is 29.3 Å². The molecule has 0 unspecified atom stereocenters. The molecule has 31 heavy (non-hydrogen) atoms. The van der Waals surface area contributed by atoms with E-state index in [0.29, 0.717) is 24.6 Å². The third-order valence-corrected chi connectivity index (χ3v) is 6.36. The highest BCUT2D eigenvalue weighted by Crippen LogP contribution is 2.48. The van der Waals surface area contributed by atoms with E-state index in [2.05, 4.69) is 0 Å². The van der Waals surface area contributed by atoms with Crippen LogP contribution in [0, 0.1) is 0 Å². The molecule has 2 aromatic rings. The Balaban J connectivity index is 2.11.